The number of amides is 1. The Bertz CT molecular complexity index is 865. The van der Waals surface area contributed by atoms with E-state index in [0.717, 1.165) is 5.56 Å². The number of anilines is 1. The van der Waals surface area contributed by atoms with Gasteiger partial charge in [-0.2, -0.15) is 4.80 Å². The molecular formula is C16H14ClN5O2. The second kappa shape index (κ2) is 7.10. The molecule has 2 aromatic carbocycles. The van der Waals surface area contributed by atoms with Crippen molar-refractivity contribution in [2.24, 2.45) is 0 Å². The number of hydrogen-bond acceptors (Lipinski definition) is 5. The number of methoxy groups -OCH3 is 1. The molecule has 1 heterocycles. The molecule has 0 aliphatic heterocycles. The lowest BCUT2D eigenvalue weighted by molar-refractivity contribution is -0.117. The first-order valence-corrected chi connectivity index (χ1v) is 7.49. The van der Waals surface area contributed by atoms with Crippen molar-refractivity contribution in [1.82, 2.24) is 20.2 Å². The molecule has 0 aliphatic rings. The van der Waals surface area contributed by atoms with Crippen LogP contribution in [0.25, 0.3) is 11.4 Å². The van der Waals surface area contributed by atoms with Crippen molar-refractivity contribution in [2.45, 2.75) is 6.54 Å². The monoisotopic (exact) mass is 343 g/mol. The van der Waals surface area contributed by atoms with Crippen LogP contribution in [-0.4, -0.2) is 33.2 Å². The van der Waals surface area contributed by atoms with E-state index in [1.54, 1.807) is 49.6 Å². The Labute approximate surface area is 143 Å². The van der Waals surface area contributed by atoms with Gasteiger partial charge in [-0.05, 0) is 29.5 Å². The molecule has 3 rings (SSSR count). The molecule has 1 amide bonds. The van der Waals surface area contributed by atoms with Crippen molar-refractivity contribution in [3.63, 3.8) is 0 Å². The molecule has 8 heteroatoms. The molecule has 0 spiro atoms. The van der Waals surface area contributed by atoms with Crippen LogP contribution in [0.15, 0.2) is 48.5 Å². The Morgan fingerprint density at radius 3 is 2.88 bits per heavy atom. The summed E-state index contributed by atoms with van der Waals surface area (Å²) in [6.07, 6.45) is 0. The van der Waals surface area contributed by atoms with Gasteiger partial charge < -0.3 is 10.1 Å². The van der Waals surface area contributed by atoms with Crippen molar-refractivity contribution < 1.29 is 9.53 Å². The molecule has 0 fully saturated rings. The maximum Gasteiger partial charge on any atom is 0.248 e. The van der Waals surface area contributed by atoms with E-state index in [4.69, 9.17) is 16.3 Å². The maximum absolute atomic E-state index is 12.1. The first kappa shape index (κ1) is 15.9. The second-order valence-electron chi connectivity index (χ2n) is 4.93. The van der Waals surface area contributed by atoms with Crippen LogP contribution in [-0.2, 0) is 11.3 Å². The Balaban J connectivity index is 1.67. The molecule has 1 aromatic heterocycles. The van der Waals surface area contributed by atoms with Crippen molar-refractivity contribution in [3.8, 4) is 17.1 Å². The van der Waals surface area contributed by atoms with Gasteiger partial charge in [-0.1, -0.05) is 29.8 Å². The molecule has 24 heavy (non-hydrogen) atoms. The number of hydrogen-bond donors (Lipinski definition) is 1. The van der Waals surface area contributed by atoms with E-state index >= 15 is 0 Å². The highest BCUT2D eigenvalue weighted by Gasteiger charge is 2.10. The van der Waals surface area contributed by atoms with E-state index < -0.39 is 0 Å². The summed E-state index contributed by atoms with van der Waals surface area (Å²) in [5.74, 6) is 0.805. The highest BCUT2D eigenvalue weighted by molar-refractivity contribution is 6.30. The lowest BCUT2D eigenvalue weighted by Crippen LogP contribution is -2.20. The van der Waals surface area contributed by atoms with Crippen LogP contribution < -0.4 is 10.1 Å². The number of halogens is 1. The Kier molecular flexibility index (Phi) is 4.72. The van der Waals surface area contributed by atoms with Gasteiger partial charge in [0.2, 0.25) is 11.7 Å². The van der Waals surface area contributed by atoms with E-state index in [1.165, 1.54) is 4.80 Å². The summed E-state index contributed by atoms with van der Waals surface area (Å²) in [7, 11) is 1.57. The summed E-state index contributed by atoms with van der Waals surface area (Å²) in [5, 5.41) is 15.3. The standard InChI is InChI=1S/C16H14ClN5O2/c1-24-14-7-3-6-13(9-14)18-15(23)10-22-20-16(19-21-22)11-4-2-5-12(17)8-11/h2-9H,10H2,1H3,(H,18,23). The van der Waals surface area contributed by atoms with E-state index in [1.807, 2.05) is 6.07 Å². The SMILES string of the molecule is COc1cccc(NC(=O)Cn2nnc(-c3cccc(Cl)c3)n2)c1. The smallest absolute Gasteiger partial charge is 0.248 e. The van der Waals surface area contributed by atoms with E-state index in [-0.39, 0.29) is 12.5 Å². The molecule has 0 atom stereocenters. The molecular weight excluding hydrogens is 330 g/mol. The second-order valence-corrected chi connectivity index (χ2v) is 5.37. The highest BCUT2D eigenvalue weighted by atomic mass is 35.5. The number of tetrazole rings is 1. The van der Waals surface area contributed by atoms with Gasteiger partial charge in [-0.25, -0.2) is 0 Å². The third-order valence-corrected chi connectivity index (χ3v) is 3.41. The van der Waals surface area contributed by atoms with Crippen LogP contribution in [0.3, 0.4) is 0 Å². The van der Waals surface area contributed by atoms with Gasteiger partial charge in [0.1, 0.15) is 12.3 Å². The highest BCUT2D eigenvalue weighted by Crippen LogP contribution is 2.19. The zero-order valence-electron chi connectivity index (χ0n) is 12.8. The number of aromatic nitrogens is 4. The number of benzene rings is 2. The van der Waals surface area contributed by atoms with Crippen molar-refractivity contribution >= 4 is 23.2 Å². The van der Waals surface area contributed by atoms with Gasteiger partial charge in [-0.3, -0.25) is 4.79 Å². The summed E-state index contributed by atoms with van der Waals surface area (Å²) in [6.45, 7) is -0.0508. The van der Waals surface area contributed by atoms with Gasteiger partial charge in [-0.15, -0.1) is 10.2 Å². The maximum atomic E-state index is 12.1. The number of carbonyl (C=O) groups excluding carboxylic acids is 1. The number of nitrogens with one attached hydrogen (secondary N) is 1. The molecule has 0 unspecified atom stereocenters. The predicted molar refractivity (Wildman–Crippen MR) is 89.9 cm³/mol. The fourth-order valence-electron chi connectivity index (χ4n) is 2.08. The Morgan fingerprint density at radius 2 is 2.08 bits per heavy atom. The van der Waals surface area contributed by atoms with Gasteiger partial charge in [0, 0.05) is 22.3 Å². The largest absolute Gasteiger partial charge is 0.497 e. The molecule has 0 radical (unpaired) electrons. The van der Waals surface area contributed by atoms with E-state index in [0.29, 0.717) is 22.3 Å². The molecule has 0 aliphatic carbocycles. The minimum absolute atomic E-state index is 0.0508. The summed E-state index contributed by atoms with van der Waals surface area (Å²) < 4.78 is 5.11. The molecule has 3 aromatic rings. The van der Waals surface area contributed by atoms with Crippen molar-refractivity contribution in [3.05, 3.63) is 53.6 Å². The van der Waals surface area contributed by atoms with Crippen LogP contribution in [0.5, 0.6) is 5.75 Å². The summed E-state index contributed by atoms with van der Waals surface area (Å²) in [5.41, 5.74) is 1.37. The van der Waals surface area contributed by atoms with E-state index in [9.17, 15) is 4.79 Å². The number of ether oxygens (including phenoxy) is 1. The Morgan fingerprint density at radius 1 is 1.25 bits per heavy atom. The molecule has 1 N–H and O–H groups in total. The molecule has 122 valence electrons. The number of rotatable bonds is 5. The van der Waals surface area contributed by atoms with E-state index in [2.05, 4.69) is 20.7 Å². The summed E-state index contributed by atoms with van der Waals surface area (Å²) >= 11 is 5.94. The first-order chi connectivity index (χ1) is 11.6. The lowest BCUT2D eigenvalue weighted by atomic mass is 10.2. The third-order valence-electron chi connectivity index (χ3n) is 3.17. The number of nitrogens with zero attached hydrogens (tertiary/aromatic N) is 4. The van der Waals surface area contributed by atoms with Crippen LogP contribution >= 0.6 is 11.6 Å². The fraction of sp³-hybridized carbons (Fsp3) is 0.125. The van der Waals surface area contributed by atoms with Crippen molar-refractivity contribution in [1.29, 1.82) is 0 Å². The topological polar surface area (TPSA) is 81.9 Å². The predicted octanol–water partition coefficient (Wildman–Crippen LogP) is 2.64. The quantitative estimate of drug-likeness (QED) is 0.770. The first-order valence-electron chi connectivity index (χ1n) is 7.12. The minimum Gasteiger partial charge on any atom is -0.497 e. The van der Waals surface area contributed by atoms with Crippen LogP contribution in [0, 0.1) is 0 Å². The number of carbonyl (C=O) groups is 1. The molecule has 0 saturated heterocycles. The fourth-order valence-corrected chi connectivity index (χ4v) is 2.27. The molecule has 7 nitrogen and oxygen atoms in total. The minimum atomic E-state index is -0.265. The van der Waals surface area contributed by atoms with Crippen LogP contribution in [0.2, 0.25) is 5.02 Å². The van der Waals surface area contributed by atoms with Crippen LogP contribution in [0.1, 0.15) is 0 Å². The third kappa shape index (κ3) is 3.88. The van der Waals surface area contributed by atoms with Gasteiger partial charge in [0.05, 0.1) is 7.11 Å². The molecule has 0 bridgehead atoms. The normalized spacial score (nSPS) is 10.4. The zero-order chi connectivity index (χ0) is 16.9. The lowest BCUT2D eigenvalue weighted by Gasteiger charge is -2.06. The average Bonchev–Trinajstić information content (AvgIpc) is 3.03. The van der Waals surface area contributed by atoms with Gasteiger partial charge in [0.15, 0.2) is 0 Å². The average molecular weight is 344 g/mol. The van der Waals surface area contributed by atoms with Crippen molar-refractivity contribution in [2.75, 3.05) is 12.4 Å². The van der Waals surface area contributed by atoms with Gasteiger partial charge >= 0.3 is 0 Å². The van der Waals surface area contributed by atoms with Gasteiger partial charge in [0.25, 0.3) is 0 Å². The van der Waals surface area contributed by atoms with Crippen LogP contribution in [0.4, 0.5) is 5.69 Å². The summed E-state index contributed by atoms with van der Waals surface area (Å²) in [6, 6.07) is 14.2. The zero-order valence-corrected chi connectivity index (χ0v) is 13.6. The Hall–Kier alpha value is -2.93. The molecule has 0 saturated carbocycles. The summed E-state index contributed by atoms with van der Waals surface area (Å²) in [4.78, 5) is 13.3.